The maximum absolute atomic E-state index is 6.77. The molecule has 698 valence electrons. The fourth-order valence-corrected chi connectivity index (χ4v) is 25.6. The quantitative estimate of drug-likeness (QED) is 0.127. The number of hydrogen-bond donors (Lipinski definition) is 0. The largest absolute Gasteiger partial charge is 0.456 e. The zero-order chi connectivity index (χ0) is 98.5. The summed E-state index contributed by atoms with van der Waals surface area (Å²) in [5.74, 6) is 0. The fourth-order valence-electron chi connectivity index (χ4n) is 23.1. The minimum Gasteiger partial charge on any atom is -0.456 e. The van der Waals surface area contributed by atoms with Crippen molar-refractivity contribution in [3.63, 3.8) is 0 Å². The summed E-state index contributed by atoms with van der Waals surface area (Å²) in [5.41, 5.74) is 31.4. The molecule has 0 fully saturated rings. The number of benzene rings is 22. The second kappa shape index (κ2) is 35.3. The van der Waals surface area contributed by atoms with Crippen LogP contribution < -0.4 is 0 Å². The second-order valence-electron chi connectivity index (χ2n) is 38.8. The first-order valence-corrected chi connectivity index (χ1v) is 52.3. The summed E-state index contributed by atoms with van der Waals surface area (Å²) in [6, 6.07) is 175. The van der Waals surface area contributed by atoms with Crippen LogP contribution in [-0.4, -0.2) is 24.5 Å². The van der Waals surface area contributed by atoms with Crippen LogP contribution in [0.5, 0.6) is 0 Å². The van der Waals surface area contributed by atoms with Crippen molar-refractivity contribution in [1.29, 1.82) is 0 Å². The molecular formula is C140H83N5O3S2. The predicted octanol–water partition coefficient (Wildman–Crippen LogP) is 39.8. The minimum absolute atomic E-state index is 0.846. The van der Waals surface area contributed by atoms with Gasteiger partial charge >= 0.3 is 0 Å². The van der Waals surface area contributed by atoms with Crippen molar-refractivity contribution >= 4 is 215 Å². The highest BCUT2D eigenvalue weighted by Crippen LogP contribution is 2.52. The van der Waals surface area contributed by atoms with Gasteiger partial charge in [-0.05, 0) is 215 Å². The summed E-state index contributed by atoms with van der Waals surface area (Å²) in [5, 5.41) is 27.2. The van der Waals surface area contributed by atoms with E-state index in [9.17, 15) is 0 Å². The van der Waals surface area contributed by atoms with E-state index in [-0.39, 0.29) is 0 Å². The van der Waals surface area contributed by atoms with Gasteiger partial charge in [0.05, 0.1) is 50.4 Å². The zero-order valence-corrected chi connectivity index (χ0v) is 82.3. The molecule has 0 spiro atoms. The molecule has 0 radical (unpaired) electrons. The average molecular weight is 1950 g/mol. The molecule has 150 heavy (non-hydrogen) atoms. The number of aromatic nitrogens is 5. The fraction of sp³-hybridized carbons (Fsp3) is 0. The van der Waals surface area contributed by atoms with Gasteiger partial charge in [0.2, 0.25) is 0 Å². The van der Waals surface area contributed by atoms with Crippen LogP contribution in [0.1, 0.15) is 0 Å². The van der Waals surface area contributed by atoms with Crippen LogP contribution in [0.25, 0.3) is 310 Å². The predicted molar refractivity (Wildman–Crippen MR) is 632 cm³/mol. The first-order chi connectivity index (χ1) is 74.3. The van der Waals surface area contributed by atoms with Gasteiger partial charge < -0.3 is 17.8 Å². The minimum atomic E-state index is 0.846. The Morgan fingerprint density at radius 1 is 0.200 bits per heavy atom. The number of rotatable bonds is 11. The summed E-state index contributed by atoms with van der Waals surface area (Å²) in [7, 11) is 0. The van der Waals surface area contributed by atoms with Gasteiger partial charge in [0.25, 0.3) is 0 Å². The van der Waals surface area contributed by atoms with Crippen molar-refractivity contribution in [2.24, 2.45) is 0 Å². The first kappa shape index (κ1) is 86.2. The van der Waals surface area contributed by atoms with E-state index in [0.717, 1.165) is 199 Å². The highest BCUT2D eigenvalue weighted by Gasteiger charge is 2.27. The molecule has 32 aromatic rings. The van der Waals surface area contributed by atoms with Gasteiger partial charge in [-0.1, -0.05) is 358 Å². The molecule has 0 saturated heterocycles. The van der Waals surface area contributed by atoms with Crippen molar-refractivity contribution in [3.05, 3.63) is 504 Å². The van der Waals surface area contributed by atoms with E-state index in [1.807, 2.05) is 34.9 Å². The lowest BCUT2D eigenvalue weighted by atomic mass is 9.95. The van der Waals surface area contributed by atoms with Crippen LogP contribution in [0.2, 0.25) is 0 Å². The molecule has 0 aliphatic heterocycles. The molecular weight excluding hydrogens is 1860 g/mol. The first-order valence-electron chi connectivity index (χ1n) is 50.7. The topological polar surface area (TPSA) is 95.9 Å². The van der Waals surface area contributed by atoms with Crippen molar-refractivity contribution in [2.45, 2.75) is 0 Å². The lowest BCUT2D eigenvalue weighted by Gasteiger charge is -2.13. The third kappa shape index (κ3) is 14.5. The molecule has 10 heteroatoms. The van der Waals surface area contributed by atoms with Crippen molar-refractivity contribution < 1.29 is 13.3 Å². The number of para-hydroxylation sites is 4. The van der Waals surface area contributed by atoms with E-state index in [1.165, 1.54) is 111 Å². The molecule has 22 aromatic carbocycles. The van der Waals surface area contributed by atoms with Crippen LogP contribution in [0.15, 0.2) is 517 Å². The number of furan rings is 3. The highest BCUT2D eigenvalue weighted by molar-refractivity contribution is 7.27. The average Bonchev–Trinajstić information content (AvgIpc) is 1.57. The summed E-state index contributed by atoms with van der Waals surface area (Å²) in [6.45, 7) is 0. The van der Waals surface area contributed by atoms with Crippen LogP contribution >= 0.6 is 22.7 Å². The van der Waals surface area contributed by atoms with Gasteiger partial charge in [-0.25, -0.2) is 15.0 Å². The van der Waals surface area contributed by atoms with Crippen LogP contribution in [0, 0.1) is 0 Å². The molecule has 0 atom stereocenters. The number of pyridine rings is 4. The van der Waals surface area contributed by atoms with Gasteiger partial charge in [0.15, 0.2) is 0 Å². The molecule has 0 saturated carbocycles. The van der Waals surface area contributed by atoms with Crippen molar-refractivity contribution in [1.82, 2.24) is 24.5 Å². The number of nitrogens with zero attached hydrogens (tertiary/aromatic N) is 5. The third-order valence-corrected chi connectivity index (χ3v) is 32.5. The molecule has 10 heterocycles. The van der Waals surface area contributed by atoms with E-state index in [1.54, 1.807) is 6.20 Å². The Labute approximate surface area is 867 Å². The lowest BCUT2D eigenvalue weighted by molar-refractivity contribution is 0.669. The number of fused-ring (bicyclic) bond motifs is 27. The van der Waals surface area contributed by atoms with Gasteiger partial charge in [0.1, 0.15) is 33.5 Å². The maximum Gasteiger partial charge on any atom is 0.143 e. The van der Waals surface area contributed by atoms with Gasteiger partial charge in [0, 0.05) is 157 Å². The summed E-state index contributed by atoms with van der Waals surface area (Å²) in [4.78, 5) is 20.7. The van der Waals surface area contributed by atoms with E-state index in [4.69, 9.17) is 28.2 Å². The molecule has 8 nitrogen and oxygen atoms in total. The Hall–Kier alpha value is -19.4. The number of hydrogen-bond acceptors (Lipinski definition) is 9. The van der Waals surface area contributed by atoms with Crippen LogP contribution in [0.3, 0.4) is 0 Å². The second-order valence-corrected chi connectivity index (χ2v) is 40.9. The maximum atomic E-state index is 6.77. The molecule has 0 unspecified atom stereocenters. The third-order valence-electron chi connectivity index (χ3n) is 30.1. The molecule has 0 amide bonds. The Morgan fingerprint density at radius 2 is 0.647 bits per heavy atom. The normalized spacial score (nSPS) is 11.9. The summed E-state index contributed by atoms with van der Waals surface area (Å²) >= 11 is 3.72. The molecule has 0 N–H and O–H groups in total. The van der Waals surface area contributed by atoms with Gasteiger partial charge in [-0.3, -0.25) is 4.98 Å². The van der Waals surface area contributed by atoms with Gasteiger partial charge in [-0.15, -0.1) is 22.7 Å². The summed E-state index contributed by atoms with van der Waals surface area (Å²) in [6.07, 6.45) is 3.69. The highest BCUT2D eigenvalue weighted by atomic mass is 32.1. The molecule has 0 bridgehead atoms. The van der Waals surface area contributed by atoms with Crippen LogP contribution in [0.4, 0.5) is 0 Å². The Bertz CT molecular complexity index is 11100. The van der Waals surface area contributed by atoms with Crippen molar-refractivity contribution in [3.8, 4) is 118 Å². The Balaban J connectivity index is 0.000000104. The smallest absolute Gasteiger partial charge is 0.143 e. The lowest BCUT2D eigenvalue weighted by Crippen LogP contribution is -1.93. The molecule has 0 aliphatic rings. The van der Waals surface area contributed by atoms with E-state index in [2.05, 4.69) is 495 Å². The van der Waals surface area contributed by atoms with E-state index in [0.29, 0.717) is 0 Å². The monoisotopic (exact) mass is 1950 g/mol. The number of thiophene rings is 2. The standard InChI is InChI=1S/C49H30N2O.C48H28N2OS.C43H25NOS/c1-3-12-31(13-4-1)40-30-43(50-49-39(40)23-25-46-48(49)42-28-33-14-7-8-15-34(33)29-47(42)52-46)36-17-11-16-32(26-36)35-22-24-45-41(27-35)38-20-9-10-21-44(38)51(45)37-18-5-2-6-19-37;1-2-10-29(11-3-1)46-37-21-22-43-45(41-25-30-12-4-5-13-31(30)26-44(41)52-43)40(37)27-42(50-46)33-15-6-14-32(24-33)35-17-7-19-38-39-20-8-18-36(48(39)51-47(35)38)34-16-9-23-49-28-34;1-3-11-26(12-4-1)30-17-9-18-32-33-19-10-20-34(43(33)46-42(30)32)37-25-35-31(41(44-37)27-13-5-2-6-14-27)21-22-38-40(35)36-23-28-15-7-8-16-29(28)24-39(36)45-38/h1-30H;1-28H;1-25H. The van der Waals surface area contributed by atoms with Crippen LogP contribution in [-0.2, 0) is 0 Å². The van der Waals surface area contributed by atoms with E-state index < -0.39 is 0 Å². The van der Waals surface area contributed by atoms with Gasteiger partial charge in [-0.2, -0.15) is 0 Å². The molecule has 32 rings (SSSR count). The Kier molecular flexibility index (Phi) is 20.3. The van der Waals surface area contributed by atoms with Crippen molar-refractivity contribution in [2.75, 3.05) is 0 Å². The molecule has 0 aliphatic carbocycles. The SMILES string of the molecule is c1ccc(-c2cc(-c3cccc(-c4ccc5c(c4)c4ccccc4n5-c4ccccc4)c3)nc3c2ccc2oc4cc5ccccc5cc4c23)cc1.c1ccc(-c2nc(-c3cccc(-c4cccc5c4oc4c(-c6cccnc6)cccc45)c3)cc3c2ccc2sc4cc5ccccc5cc4c23)cc1.c1ccc(-c2nc(-c3cccc4c3sc3c(-c5ccccc5)cccc34)cc3c2ccc2oc4cc5ccccc5cc4c23)cc1. The zero-order valence-electron chi connectivity index (χ0n) is 80.7. The Morgan fingerprint density at radius 3 is 1.29 bits per heavy atom. The molecule has 10 aromatic heterocycles. The summed E-state index contributed by atoms with van der Waals surface area (Å²) < 4.78 is 27.3. The van der Waals surface area contributed by atoms with E-state index >= 15 is 0 Å².